The van der Waals surface area contributed by atoms with Crippen LogP contribution in [0.2, 0.25) is 0 Å². The predicted molar refractivity (Wildman–Crippen MR) is 114 cm³/mol. The van der Waals surface area contributed by atoms with Gasteiger partial charge in [0.15, 0.2) is 0 Å². The van der Waals surface area contributed by atoms with Gasteiger partial charge in [-0.15, -0.1) is 0 Å². The first-order chi connectivity index (χ1) is 15.5. The second kappa shape index (κ2) is 9.58. The summed E-state index contributed by atoms with van der Waals surface area (Å²) in [5.74, 6) is -1.92. The molecule has 0 aliphatic heterocycles. The molecule has 1 amide bonds. The number of carbonyl (C=O) groups is 1. The van der Waals surface area contributed by atoms with Crippen LogP contribution in [0.5, 0.6) is 0 Å². The molecule has 172 valence electrons. The van der Waals surface area contributed by atoms with Crippen LogP contribution in [0, 0.1) is 10.1 Å². The number of halogens is 3. The standard InChI is InChI=1S/C20H14F3N3O5S2/c21-20(22,23)12-32-19-17(2-1-11-24-19)18(27)25-13-3-7-15(8-4-13)33(30,31)16-9-5-14(6-10-16)26(28)29/h1-11H,12H2,(H,25,27). The minimum absolute atomic E-state index is 0.0608. The molecule has 1 aromatic heterocycles. The van der Waals surface area contributed by atoms with Crippen molar-refractivity contribution in [1.29, 1.82) is 0 Å². The lowest BCUT2D eigenvalue weighted by Gasteiger charge is -2.11. The normalized spacial score (nSPS) is 11.7. The van der Waals surface area contributed by atoms with Crippen molar-refractivity contribution >= 4 is 38.9 Å². The van der Waals surface area contributed by atoms with Crippen LogP contribution in [0.4, 0.5) is 24.5 Å². The fourth-order valence-electron chi connectivity index (χ4n) is 2.63. The Balaban J connectivity index is 1.76. The lowest BCUT2D eigenvalue weighted by Crippen LogP contribution is -2.15. The molecule has 0 spiro atoms. The molecule has 0 unspecified atom stereocenters. The van der Waals surface area contributed by atoms with E-state index in [-0.39, 0.29) is 31.8 Å². The Hall–Kier alpha value is -3.45. The van der Waals surface area contributed by atoms with Gasteiger partial charge in [0, 0.05) is 24.0 Å². The molecule has 8 nitrogen and oxygen atoms in total. The molecule has 0 saturated heterocycles. The van der Waals surface area contributed by atoms with E-state index in [4.69, 9.17) is 0 Å². The van der Waals surface area contributed by atoms with Gasteiger partial charge in [0.1, 0.15) is 5.03 Å². The van der Waals surface area contributed by atoms with Gasteiger partial charge in [-0.25, -0.2) is 13.4 Å². The molecule has 0 bridgehead atoms. The van der Waals surface area contributed by atoms with Crippen molar-refractivity contribution < 1.29 is 31.3 Å². The Bertz CT molecular complexity index is 1280. The number of hydrogen-bond acceptors (Lipinski definition) is 7. The van der Waals surface area contributed by atoms with Crippen molar-refractivity contribution in [2.45, 2.75) is 21.0 Å². The van der Waals surface area contributed by atoms with Gasteiger partial charge in [0.05, 0.1) is 26.0 Å². The highest BCUT2D eigenvalue weighted by molar-refractivity contribution is 7.99. The number of alkyl halides is 3. The summed E-state index contributed by atoms with van der Waals surface area (Å²) in [6, 6.07) is 12.2. The van der Waals surface area contributed by atoms with Crippen molar-refractivity contribution in [1.82, 2.24) is 4.98 Å². The van der Waals surface area contributed by atoms with Crippen molar-refractivity contribution in [3.05, 3.63) is 82.5 Å². The number of anilines is 1. The summed E-state index contributed by atoms with van der Waals surface area (Å²) in [4.78, 5) is 26.2. The lowest BCUT2D eigenvalue weighted by molar-refractivity contribution is -0.384. The van der Waals surface area contributed by atoms with Gasteiger partial charge >= 0.3 is 6.18 Å². The second-order valence-electron chi connectivity index (χ2n) is 6.49. The number of aromatic nitrogens is 1. The fourth-order valence-corrected chi connectivity index (χ4v) is 4.64. The van der Waals surface area contributed by atoms with Crippen LogP contribution in [0.25, 0.3) is 0 Å². The third-order valence-electron chi connectivity index (χ3n) is 4.17. The number of thioether (sulfide) groups is 1. The number of nitro groups is 1. The van der Waals surface area contributed by atoms with E-state index in [0.29, 0.717) is 11.8 Å². The van der Waals surface area contributed by atoms with Gasteiger partial charge in [0.2, 0.25) is 9.84 Å². The fraction of sp³-hybridized carbons (Fsp3) is 0.100. The topological polar surface area (TPSA) is 119 Å². The molecule has 0 aliphatic rings. The third kappa shape index (κ3) is 6.08. The number of non-ortho nitro benzene ring substituents is 1. The Morgan fingerprint density at radius 2 is 1.61 bits per heavy atom. The number of carbonyl (C=O) groups excluding carboxylic acids is 1. The van der Waals surface area contributed by atoms with Crippen molar-refractivity contribution in [2.75, 3.05) is 11.1 Å². The maximum atomic E-state index is 12.7. The molecule has 0 atom stereocenters. The predicted octanol–water partition coefficient (Wildman–Crippen LogP) is 4.73. The Morgan fingerprint density at radius 3 is 2.15 bits per heavy atom. The van der Waals surface area contributed by atoms with Crippen LogP contribution in [0.15, 0.2) is 81.7 Å². The Morgan fingerprint density at radius 1 is 1.03 bits per heavy atom. The zero-order chi connectivity index (χ0) is 24.2. The van der Waals surface area contributed by atoms with E-state index in [1.165, 1.54) is 42.6 Å². The van der Waals surface area contributed by atoms with Gasteiger partial charge in [-0.2, -0.15) is 13.2 Å². The molecule has 1 N–H and O–H groups in total. The third-order valence-corrected chi connectivity index (χ3v) is 7.02. The van der Waals surface area contributed by atoms with Crippen LogP contribution in [0.3, 0.4) is 0 Å². The number of amides is 1. The minimum atomic E-state index is -4.43. The maximum Gasteiger partial charge on any atom is 0.398 e. The summed E-state index contributed by atoms with van der Waals surface area (Å²) in [6.07, 6.45) is -3.16. The highest BCUT2D eigenvalue weighted by atomic mass is 32.2. The molecule has 0 aliphatic carbocycles. The quantitative estimate of drug-likeness (QED) is 0.285. The number of rotatable bonds is 7. The van der Waals surface area contributed by atoms with E-state index >= 15 is 0 Å². The van der Waals surface area contributed by atoms with Crippen molar-refractivity contribution in [2.24, 2.45) is 0 Å². The first-order valence-corrected chi connectivity index (χ1v) is 11.5. The summed E-state index contributed by atoms with van der Waals surface area (Å²) in [7, 11) is -3.96. The van der Waals surface area contributed by atoms with Crippen LogP contribution >= 0.6 is 11.8 Å². The molecule has 0 fully saturated rings. The molecule has 1 heterocycles. The summed E-state index contributed by atoms with van der Waals surface area (Å²) in [5.41, 5.74) is -0.109. The molecule has 13 heteroatoms. The SMILES string of the molecule is O=C(Nc1ccc(S(=O)(=O)c2ccc([N+](=O)[O-])cc2)cc1)c1cccnc1SCC(F)(F)F. The molecular weight excluding hydrogens is 483 g/mol. The zero-order valence-electron chi connectivity index (χ0n) is 16.4. The molecule has 2 aromatic carbocycles. The highest BCUT2D eigenvalue weighted by Crippen LogP contribution is 2.29. The summed E-state index contributed by atoms with van der Waals surface area (Å²) < 4.78 is 62.9. The second-order valence-corrected chi connectivity index (χ2v) is 9.41. The number of pyridine rings is 1. The van der Waals surface area contributed by atoms with E-state index in [1.807, 2.05) is 0 Å². The van der Waals surface area contributed by atoms with E-state index in [9.17, 15) is 36.5 Å². The van der Waals surface area contributed by atoms with Crippen LogP contribution in [-0.4, -0.2) is 36.2 Å². The van der Waals surface area contributed by atoms with E-state index in [1.54, 1.807) is 0 Å². The largest absolute Gasteiger partial charge is 0.398 e. The molecule has 33 heavy (non-hydrogen) atoms. The highest BCUT2D eigenvalue weighted by Gasteiger charge is 2.28. The van der Waals surface area contributed by atoms with Gasteiger partial charge in [-0.05, 0) is 48.5 Å². The van der Waals surface area contributed by atoms with Gasteiger partial charge < -0.3 is 5.32 Å². The van der Waals surface area contributed by atoms with E-state index in [2.05, 4.69) is 10.3 Å². The number of hydrogen-bond donors (Lipinski definition) is 1. The lowest BCUT2D eigenvalue weighted by atomic mass is 10.2. The Labute approximate surface area is 189 Å². The molecule has 3 aromatic rings. The van der Waals surface area contributed by atoms with Crippen LogP contribution in [-0.2, 0) is 9.84 Å². The van der Waals surface area contributed by atoms with Crippen molar-refractivity contribution in [3.63, 3.8) is 0 Å². The average molecular weight is 497 g/mol. The van der Waals surface area contributed by atoms with Gasteiger partial charge in [-0.1, -0.05) is 11.8 Å². The molecule has 0 radical (unpaired) electrons. The summed E-state index contributed by atoms with van der Waals surface area (Å²) in [6.45, 7) is 0. The number of nitrogens with zero attached hydrogens (tertiary/aromatic N) is 2. The summed E-state index contributed by atoms with van der Waals surface area (Å²) in [5, 5.41) is 13.1. The number of nitrogens with one attached hydrogen (secondary N) is 1. The van der Waals surface area contributed by atoms with Gasteiger partial charge in [-0.3, -0.25) is 14.9 Å². The summed E-state index contributed by atoms with van der Waals surface area (Å²) >= 11 is 0.381. The smallest absolute Gasteiger partial charge is 0.322 e. The molecular formula is C20H14F3N3O5S2. The van der Waals surface area contributed by atoms with Gasteiger partial charge in [0.25, 0.3) is 11.6 Å². The monoisotopic (exact) mass is 497 g/mol. The molecule has 3 rings (SSSR count). The van der Waals surface area contributed by atoms with E-state index < -0.39 is 32.6 Å². The Kier molecular flexibility index (Phi) is 7.03. The average Bonchev–Trinajstić information content (AvgIpc) is 2.78. The first kappa shape index (κ1) is 24.2. The maximum absolute atomic E-state index is 12.7. The van der Waals surface area contributed by atoms with Crippen molar-refractivity contribution in [3.8, 4) is 0 Å². The zero-order valence-corrected chi connectivity index (χ0v) is 18.1. The van der Waals surface area contributed by atoms with Crippen LogP contribution < -0.4 is 5.32 Å². The first-order valence-electron chi connectivity index (χ1n) is 9.03. The number of nitro benzene ring substituents is 1. The van der Waals surface area contributed by atoms with E-state index in [0.717, 1.165) is 24.3 Å². The van der Waals surface area contributed by atoms with Crippen LogP contribution in [0.1, 0.15) is 10.4 Å². The molecule has 0 saturated carbocycles. The number of sulfone groups is 1. The minimum Gasteiger partial charge on any atom is -0.322 e. The number of benzene rings is 2.